The van der Waals surface area contributed by atoms with Gasteiger partial charge in [-0.05, 0) is 6.92 Å². The monoisotopic (exact) mass is 240 g/mol. The molecular formula is C10H16N4OS. The molecule has 0 aliphatic rings. The molecule has 0 aliphatic carbocycles. The van der Waals surface area contributed by atoms with Crippen molar-refractivity contribution in [3.05, 3.63) is 18.5 Å². The van der Waals surface area contributed by atoms with Gasteiger partial charge < -0.3 is 9.47 Å². The van der Waals surface area contributed by atoms with Gasteiger partial charge in [-0.1, -0.05) is 17.8 Å². The maximum atomic E-state index is 11.4. The lowest BCUT2D eigenvalue weighted by molar-refractivity contribution is -0.125. The summed E-state index contributed by atoms with van der Waals surface area (Å²) in [6, 6.07) is 0. The van der Waals surface area contributed by atoms with Crippen LogP contribution in [-0.4, -0.2) is 45.4 Å². The third-order valence-electron chi connectivity index (χ3n) is 2.04. The van der Waals surface area contributed by atoms with E-state index < -0.39 is 0 Å². The van der Waals surface area contributed by atoms with Crippen LogP contribution >= 0.6 is 11.8 Å². The van der Waals surface area contributed by atoms with Crippen molar-refractivity contribution < 1.29 is 4.79 Å². The number of carbonyl (C=O) groups excluding carboxylic acids is 1. The van der Waals surface area contributed by atoms with Crippen molar-refractivity contribution >= 4 is 17.7 Å². The van der Waals surface area contributed by atoms with Crippen molar-refractivity contribution in [2.75, 3.05) is 19.8 Å². The zero-order valence-electron chi connectivity index (χ0n) is 9.80. The van der Waals surface area contributed by atoms with E-state index in [2.05, 4.69) is 16.8 Å². The molecule has 88 valence electrons. The Morgan fingerprint density at radius 2 is 2.25 bits per heavy atom. The summed E-state index contributed by atoms with van der Waals surface area (Å²) >= 11 is 1.39. The molecule has 0 unspecified atom stereocenters. The number of aromatic nitrogens is 3. The Hall–Kier alpha value is -1.30. The lowest BCUT2D eigenvalue weighted by Crippen LogP contribution is -2.23. The number of allylic oxidation sites excluding steroid dienone is 1. The zero-order valence-corrected chi connectivity index (χ0v) is 10.6. The number of hydrogen-bond donors (Lipinski definition) is 0. The molecule has 6 heteroatoms. The maximum absolute atomic E-state index is 11.4. The fourth-order valence-corrected chi connectivity index (χ4v) is 2.03. The summed E-state index contributed by atoms with van der Waals surface area (Å²) < 4.78 is 1.93. The molecule has 0 spiro atoms. The van der Waals surface area contributed by atoms with Crippen LogP contribution in [0, 0.1) is 6.92 Å². The summed E-state index contributed by atoms with van der Waals surface area (Å²) in [4.78, 5) is 13.0. The average Bonchev–Trinajstić information content (AvgIpc) is 2.58. The van der Waals surface area contributed by atoms with Crippen molar-refractivity contribution in [1.82, 2.24) is 19.7 Å². The maximum Gasteiger partial charge on any atom is 0.232 e. The van der Waals surface area contributed by atoms with Gasteiger partial charge in [0.2, 0.25) is 5.91 Å². The first kappa shape index (κ1) is 12.8. The van der Waals surface area contributed by atoms with Crippen molar-refractivity contribution in [2.24, 2.45) is 0 Å². The minimum Gasteiger partial charge on any atom is -0.348 e. The molecule has 1 heterocycles. The van der Waals surface area contributed by atoms with Crippen LogP contribution in [0.15, 0.2) is 17.8 Å². The average molecular weight is 240 g/mol. The van der Waals surface area contributed by atoms with Crippen LogP contribution in [0.1, 0.15) is 5.82 Å². The predicted octanol–water partition coefficient (Wildman–Crippen LogP) is 0.953. The minimum absolute atomic E-state index is 0.0656. The van der Waals surface area contributed by atoms with Crippen molar-refractivity contribution in [3.63, 3.8) is 0 Å². The van der Waals surface area contributed by atoms with Gasteiger partial charge in [-0.3, -0.25) is 4.79 Å². The van der Waals surface area contributed by atoms with Crippen LogP contribution < -0.4 is 0 Å². The van der Waals surface area contributed by atoms with E-state index in [0.717, 1.165) is 11.0 Å². The second-order valence-electron chi connectivity index (χ2n) is 3.51. The third-order valence-corrected chi connectivity index (χ3v) is 2.99. The molecule has 1 amide bonds. The van der Waals surface area contributed by atoms with E-state index in [1.54, 1.807) is 25.1 Å². The van der Waals surface area contributed by atoms with Crippen LogP contribution in [0.5, 0.6) is 0 Å². The fraction of sp³-hybridized carbons (Fsp3) is 0.500. The Balaban J connectivity index is 2.66. The van der Waals surface area contributed by atoms with Gasteiger partial charge in [0.05, 0.1) is 5.75 Å². The highest BCUT2D eigenvalue weighted by molar-refractivity contribution is 7.99. The molecule has 0 saturated heterocycles. The van der Waals surface area contributed by atoms with Crippen molar-refractivity contribution in [2.45, 2.75) is 18.6 Å². The summed E-state index contributed by atoms with van der Waals surface area (Å²) in [6.07, 6.45) is 1.79. The largest absolute Gasteiger partial charge is 0.348 e. The number of amides is 1. The molecule has 1 aromatic rings. The summed E-state index contributed by atoms with van der Waals surface area (Å²) in [5.41, 5.74) is 0. The van der Waals surface area contributed by atoms with E-state index in [9.17, 15) is 4.79 Å². The molecule has 0 radical (unpaired) electrons. The van der Waals surface area contributed by atoms with Gasteiger partial charge in [-0.2, -0.15) is 0 Å². The lowest BCUT2D eigenvalue weighted by Gasteiger charge is -2.09. The quantitative estimate of drug-likeness (QED) is 0.568. The molecule has 16 heavy (non-hydrogen) atoms. The molecular weight excluding hydrogens is 224 g/mol. The molecule has 0 N–H and O–H groups in total. The molecule has 0 fully saturated rings. The number of hydrogen-bond acceptors (Lipinski definition) is 4. The Labute approximate surface area is 99.5 Å². The first-order valence-electron chi connectivity index (χ1n) is 4.90. The van der Waals surface area contributed by atoms with E-state index >= 15 is 0 Å². The van der Waals surface area contributed by atoms with E-state index in [1.807, 2.05) is 11.5 Å². The molecule has 0 aliphatic heterocycles. The van der Waals surface area contributed by atoms with E-state index in [0.29, 0.717) is 12.3 Å². The van der Waals surface area contributed by atoms with E-state index in [4.69, 9.17) is 0 Å². The zero-order chi connectivity index (χ0) is 12.1. The van der Waals surface area contributed by atoms with Gasteiger partial charge in [0.15, 0.2) is 5.16 Å². The van der Waals surface area contributed by atoms with Gasteiger partial charge in [0, 0.05) is 20.6 Å². The Morgan fingerprint density at radius 1 is 1.56 bits per heavy atom. The highest BCUT2D eigenvalue weighted by Gasteiger charge is 2.11. The fourth-order valence-electron chi connectivity index (χ4n) is 1.06. The molecule has 0 atom stereocenters. The van der Waals surface area contributed by atoms with Crippen LogP contribution in [0.3, 0.4) is 0 Å². The number of aryl methyl sites for hydroxylation is 1. The van der Waals surface area contributed by atoms with Crippen LogP contribution in [0.2, 0.25) is 0 Å². The normalized spacial score (nSPS) is 10.2. The Bertz CT molecular complexity index is 386. The standard InChI is InChI=1S/C10H16N4OS/c1-5-6-14-8(2)11-12-10(14)16-7-9(15)13(3)4/h5H,1,6-7H2,2-4H3. The Kier molecular flexibility index (Phi) is 4.54. The van der Waals surface area contributed by atoms with Crippen LogP contribution in [-0.2, 0) is 11.3 Å². The van der Waals surface area contributed by atoms with Crippen molar-refractivity contribution in [1.29, 1.82) is 0 Å². The van der Waals surface area contributed by atoms with Gasteiger partial charge in [0.1, 0.15) is 5.82 Å². The lowest BCUT2D eigenvalue weighted by atomic mass is 10.6. The van der Waals surface area contributed by atoms with E-state index in [1.165, 1.54) is 11.8 Å². The number of thioether (sulfide) groups is 1. The number of carbonyl (C=O) groups is 1. The predicted molar refractivity (Wildman–Crippen MR) is 64.4 cm³/mol. The number of nitrogens with zero attached hydrogens (tertiary/aromatic N) is 4. The molecule has 0 aromatic carbocycles. The molecule has 1 rings (SSSR count). The smallest absolute Gasteiger partial charge is 0.232 e. The third kappa shape index (κ3) is 3.10. The molecule has 1 aromatic heterocycles. The number of rotatable bonds is 5. The second-order valence-corrected chi connectivity index (χ2v) is 4.45. The molecule has 0 saturated carbocycles. The van der Waals surface area contributed by atoms with Gasteiger partial charge >= 0.3 is 0 Å². The topological polar surface area (TPSA) is 51.0 Å². The summed E-state index contributed by atoms with van der Waals surface area (Å²) in [5, 5.41) is 8.76. The Morgan fingerprint density at radius 3 is 2.81 bits per heavy atom. The highest BCUT2D eigenvalue weighted by Crippen LogP contribution is 2.16. The van der Waals surface area contributed by atoms with Crippen LogP contribution in [0.4, 0.5) is 0 Å². The summed E-state index contributed by atoms with van der Waals surface area (Å²) in [5.74, 6) is 1.28. The first-order valence-corrected chi connectivity index (χ1v) is 5.88. The van der Waals surface area contributed by atoms with Crippen LogP contribution in [0.25, 0.3) is 0 Å². The molecule has 5 nitrogen and oxygen atoms in total. The second kappa shape index (κ2) is 5.69. The summed E-state index contributed by atoms with van der Waals surface area (Å²) in [6.45, 7) is 6.23. The summed E-state index contributed by atoms with van der Waals surface area (Å²) in [7, 11) is 3.48. The van der Waals surface area contributed by atoms with Gasteiger partial charge in [0.25, 0.3) is 0 Å². The van der Waals surface area contributed by atoms with E-state index in [-0.39, 0.29) is 5.91 Å². The van der Waals surface area contributed by atoms with Gasteiger partial charge in [-0.25, -0.2) is 0 Å². The molecule has 0 bridgehead atoms. The van der Waals surface area contributed by atoms with Crippen molar-refractivity contribution in [3.8, 4) is 0 Å². The van der Waals surface area contributed by atoms with Gasteiger partial charge in [-0.15, -0.1) is 16.8 Å². The minimum atomic E-state index is 0.0656. The SMILES string of the molecule is C=CCn1c(C)nnc1SCC(=O)N(C)C. The highest BCUT2D eigenvalue weighted by atomic mass is 32.2. The first-order chi connectivity index (χ1) is 7.56.